The summed E-state index contributed by atoms with van der Waals surface area (Å²) in [5.41, 5.74) is 5.51. The second-order valence-corrected chi connectivity index (χ2v) is 2.75. The molecule has 0 bridgehead atoms. The predicted octanol–water partition coefficient (Wildman–Crippen LogP) is 0.153. The number of halogens is 2. The van der Waals surface area contributed by atoms with Gasteiger partial charge in [0, 0.05) is 13.0 Å². The van der Waals surface area contributed by atoms with Crippen molar-refractivity contribution in [2.24, 2.45) is 5.73 Å². The van der Waals surface area contributed by atoms with E-state index in [0.29, 0.717) is 6.54 Å². The van der Waals surface area contributed by atoms with Crippen molar-refractivity contribution in [2.75, 3.05) is 13.2 Å². The standard InChI is InChI=1S/C7H12N4O.2ClH/c8-5-7-10-9-6-1-3-12-4-2-11(6)7;;/h1-5,8H2;2*1H. The van der Waals surface area contributed by atoms with Crippen LogP contribution in [0.25, 0.3) is 0 Å². The first-order chi connectivity index (χ1) is 5.92. The molecule has 1 aliphatic rings. The maximum absolute atomic E-state index is 5.51. The van der Waals surface area contributed by atoms with Crippen molar-refractivity contribution >= 4 is 24.8 Å². The molecule has 0 saturated heterocycles. The highest BCUT2D eigenvalue weighted by Gasteiger charge is 2.12. The van der Waals surface area contributed by atoms with Gasteiger partial charge >= 0.3 is 0 Å². The third-order valence-corrected chi connectivity index (χ3v) is 2.02. The first-order valence-corrected chi connectivity index (χ1v) is 4.10. The van der Waals surface area contributed by atoms with Crippen LogP contribution in [0.3, 0.4) is 0 Å². The number of nitrogens with zero attached hydrogens (tertiary/aromatic N) is 3. The van der Waals surface area contributed by atoms with Gasteiger partial charge in [-0.15, -0.1) is 35.0 Å². The number of fused-ring (bicyclic) bond motifs is 1. The molecule has 0 unspecified atom stereocenters. The van der Waals surface area contributed by atoms with Gasteiger partial charge in [0.05, 0.1) is 19.8 Å². The van der Waals surface area contributed by atoms with Crippen molar-refractivity contribution in [3.8, 4) is 0 Å². The minimum atomic E-state index is 0. The molecule has 2 N–H and O–H groups in total. The Morgan fingerprint density at radius 1 is 1.29 bits per heavy atom. The average Bonchev–Trinajstić information content (AvgIpc) is 2.33. The molecule has 0 atom stereocenters. The summed E-state index contributed by atoms with van der Waals surface area (Å²) in [6.45, 7) is 2.75. The fraction of sp³-hybridized carbons (Fsp3) is 0.714. The first kappa shape index (κ1) is 13.6. The fourth-order valence-electron chi connectivity index (χ4n) is 1.39. The van der Waals surface area contributed by atoms with Crippen LogP contribution in [0.2, 0.25) is 0 Å². The van der Waals surface area contributed by atoms with Gasteiger partial charge in [0.15, 0.2) is 0 Å². The molecule has 2 rings (SSSR count). The van der Waals surface area contributed by atoms with Gasteiger partial charge in [-0.1, -0.05) is 0 Å². The molecule has 5 nitrogen and oxygen atoms in total. The molecule has 0 amide bonds. The number of hydrogen-bond donors (Lipinski definition) is 1. The van der Waals surface area contributed by atoms with Crippen molar-refractivity contribution in [3.05, 3.63) is 11.6 Å². The van der Waals surface area contributed by atoms with E-state index in [-0.39, 0.29) is 24.8 Å². The Balaban J connectivity index is 0.000000845. The van der Waals surface area contributed by atoms with Crippen molar-refractivity contribution in [3.63, 3.8) is 0 Å². The van der Waals surface area contributed by atoms with Gasteiger partial charge in [0.1, 0.15) is 11.6 Å². The van der Waals surface area contributed by atoms with Crippen LogP contribution in [0, 0.1) is 0 Å². The molecule has 82 valence electrons. The van der Waals surface area contributed by atoms with E-state index in [1.54, 1.807) is 0 Å². The Hall–Kier alpha value is -0.360. The third-order valence-electron chi connectivity index (χ3n) is 2.02. The molecule has 1 aromatic rings. The van der Waals surface area contributed by atoms with Gasteiger partial charge in [0.2, 0.25) is 0 Å². The lowest BCUT2D eigenvalue weighted by molar-refractivity contribution is 0.139. The largest absolute Gasteiger partial charge is 0.379 e. The topological polar surface area (TPSA) is 66.0 Å². The van der Waals surface area contributed by atoms with E-state index in [9.17, 15) is 0 Å². The summed E-state index contributed by atoms with van der Waals surface area (Å²) in [7, 11) is 0. The second kappa shape index (κ2) is 6.19. The SMILES string of the molecule is Cl.Cl.NCc1nnc2n1CCOCC2. The van der Waals surface area contributed by atoms with Crippen molar-refractivity contribution in [1.29, 1.82) is 0 Å². The van der Waals surface area contributed by atoms with Crippen LogP contribution < -0.4 is 5.73 Å². The van der Waals surface area contributed by atoms with E-state index < -0.39 is 0 Å². The monoisotopic (exact) mass is 240 g/mol. The molecule has 1 aromatic heterocycles. The lowest BCUT2D eigenvalue weighted by Crippen LogP contribution is -2.11. The lowest BCUT2D eigenvalue weighted by atomic mass is 10.4. The molecule has 14 heavy (non-hydrogen) atoms. The molecular weight excluding hydrogens is 227 g/mol. The minimum absolute atomic E-state index is 0. The molecule has 0 aliphatic carbocycles. The Bertz CT molecular complexity index is 279. The summed E-state index contributed by atoms with van der Waals surface area (Å²) in [4.78, 5) is 0. The predicted molar refractivity (Wildman–Crippen MR) is 56.9 cm³/mol. The Morgan fingerprint density at radius 2 is 2.07 bits per heavy atom. The maximum atomic E-state index is 5.51. The summed E-state index contributed by atoms with van der Waals surface area (Å²) in [6, 6.07) is 0. The maximum Gasteiger partial charge on any atom is 0.146 e. The van der Waals surface area contributed by atoms with Gasteiger partial charge in [-0.25, -0.2) is 0 Å². The average molecular weight is 241 g/mol. The zero-order valence-electron chi connectivity index (χ0n) is 7.68. The number of ether oxygens (including phenoxy) is 1. The van der Waals surface area contributed by atoms with Crippen LogP contribution in [0.1, 0.15) is 11.6 Å². The second-order valence-electron chi connectivity index (χ2n) is 2.75. The van der Waals surface area contributed by atoms with E-state index in [4.69, 9.17) is 10.5 Å². The van der Waals surface area contributed by atoms with E-state index >= 15 is 0 Å². The summed E-state index contributed by atoms with van der Waals surface area (Å²) in [5, 5.41) is 8.03. The zero-order chi connectivity index (χ0) is 8.39. The summed E-state index contributed by atoms with van der Waals surface area (Å²) >= 11 is 0. The summed E-state index contributed by atoms with van der Waals surface area (Å²) in [6.07, 6.45) is 0.840. The summed E-state index contributed by atoms with van der Waals surface area (Å²) < 4.78 is 7.35. The van der Waals surface area contributed by atoms with E-state index in [2.05, 4.69) is 10.2 Å². The molecule has 7 heteroatoms. The smallest absolute Gasteiger partial charge is 0.146 e. The molecule has 0 radical (unpaired) electrons. The normalized spacial score (nSPS) is 14.6. The van der Waals surface area contributed by atoms with E-state index in [0.717, 1.165) is 37.8 Å². The zero-order valence-corrected chi connectivity index (χ0v) is 9.31. The Morgan fingerprint density at radius 3 is 2.79 bits per heavy atom. The highest BCUT2D eigenvalue weighted by molar-refractivity contribution is 5.85. The number of rotatable bonds is 1. The Labute approximate surface area is 94.8 Å². The van der Waals surface area contributed by atoms with E-state index in [1.807, 2.05) is 4.57 Å². The molecule has 1 aliphatic heterocycles. The molecule has 0 fully saturated rings. The molecule has 0 spiro atoms. The van der Waals surface area contributed by atoms with E-state index in [1.165, 1.54) is 0 Å². The lowest BCUT2D eigenvalue weighted by Gasteiger charge is -2.02. The fourth-order valence-corrected chi connectivity index (χ4v) is 1.39. The third kappa shape index (κ3) is 2.57. The number of hydrogen-bond acceptors (Lipinski definition) is 4. The minimum Gasteiger partial charge on any atom is -0.379 e. The first-order valence-electron chi connectivity index (χ1n) is 4.10. The van der Waals surface area contributed by atoms with Crippen LogP contribution in [0.15, 0.2) is 0 Å². The van der Waals surface area contributed by atoms with Crippen molar-refractivity contribution in [1.82, 2.24) is 14.8 Å². The van der Waals surface area contributed by atoms with Crippen LogP contribution in [0.4, 0.5) is 0 Å². The van der Waals surface area contributed by atoms with Gasteiger partial charge < -0.3 is 15.0 Å². The molecule has 0 saturated carbocycles. The molecule has 2 heterocycles. The quantitative estimate of drug-likeness (QED) is 0.760. The molecular formula is C7H14Cl2N4O. The Kier molecular flexibility index (Phi) is 6.03. The van der Waals surface area contributed by atoms with Crippen LogP contribution in [-0.2, 0) is 24.2 Å². The van der Waals surface area contributed by atoms with Crippen LogP contribution in [-0.4, -0.2) is 28.0 Å². The highest BCUT2D eigenvalue weighted by atomic mass is 35.5. The van der Waals surface area contributed by atoms with Gasteiger partial charge in [-0.2, -0.15) is 0 Å². The number of aromatic nitrogens is 3. The van der Waals surface area contributed by atoms with Crippen LogP contribution >= 0.6 is 24.8 Å². The van der Waals surface area contributed by atoms with Gasteiger partial charge in [-0.05, 0) is 0 Å². The highest BCUT2D eigenvalue weighted by Crippen LogP contribution is 2.06. The van der Waals surface area contributed by atoms with Crippen molar-refractivity contribution in [2.45, 2.75) is 19.5 Å². The van der Waals surface area contributed by atoms with Crippen LogP contribution in [0.5, 0.6) is 0 Å². The number of nitrogens with two attached hydrogens (primary N) is 1. The van der Waals surface area contributed by atoms with Crippen molar-refractivity contribution < 1.29 is 4.74 Å². The summed E-state index contributed by atoms with van der Waals surface area (Å²) in [5.74, 6) is 1.85. The van der Waals surface area contributed by atoms with Gasteiger partial charge in [0.25, 0.3) is 0 Å². The molecule has 0 aromatic carbocycles. The van der Waals surface area contributed by atoms with Gasteiger partial charge in [-0.3, -0.25) is 0 Å².